The van der Waals surface area contributed by atoms with Crippen molar-refractivity contribution >= 4 is 28.5 Å². The second-order valence-electron chi connectivity index (χ2n) is 19.7. The van der Waals surface area contributed by atoms with Crippen LogP contribution in [0, 0.1) is 12.8 Å². The van der Waals surface area contributed by atoms with Gasteiger partial charge in [0.2, 0.25) is 0 Å². The van der Waals surface area contributed by atoms with Crippen LogP contribution in [0.15, 0.2) is 78.6 Å². The Labute approximate surface area is 434 Å². The molecule has 3 rings (SSSR count). The Morgan fingerprint density at radius 1 is 0.493 bits per heavy atom. The van der Waals surface area contributed by atoms with Crippen LogP contribution in [0.25, 0.3) is 27.7 Å². The van der Waals surface area contributed by atoms with Gasteiger partial charge in [-0.05, 0) is 114 Å². The van der Waals surface area contributed by atoms with Crippen molar-refractivity contribution < 1.29 is 19.1 Å². The van der Waals surface area contributed by atoms with Gasteiger partial charge >= 0.3 is 11.9 Å². The van der Waals surface area contributed by atoms with Crippen molar-refractivity contribution in [3.63, 3.8) is 0 Å². The molecule has 1 aromatic heterocycles. The number of carbonyl (C=O) groups excluding carboxylic acids is 2. The van der Waals surface area contributed by atoms with Gasteiger partial charge in [-0.25, -0.2) is 0 Å². The van der Waals surface area contributed by atoms with Gasteiger partial charge in [-0.1, -0.05) is 210 Å². The van der Waals surface area contributed by atoms with E-state index < -0.39 is 0 Å². The Hall–Kier alpha value is -4.70. The third kappa shape index (κ3) is 30.1. The number of hydrogen-bond acceptors (Lipinski definition) is 6. The lowest BCUT2D eigenvalue weighted by Gasteiger charge is -2.09. The minimum Gasteiger partial charge on any atom is -0.431 e. The van der Waals surface area contributed by atoms with Crippen LogP contribution < -0.4 is 4.74 Å². The average Bonchev–Trinajstić information content (AvgIpc) is 3.81. The molecule has 0 unspecified atom stereocenters. The summed E-state index contributed by atoms with van der Waals surface area (Å²) in [7, 11) is 0. The normalized spacial score (nSPS) is 12.0. The fourth-order valence-electron chi connectivity index (χ4n) is 8.88. The van der Waals surface area contributed by atoms with Gasteiger partial charge in [0.25, 0.3) is 0 Å². The number of nitrogens with zero attached hydrogens (tertiary/aromatic N) is 3. The maximum atomic E-state index is 12.7. The molecular formula is C64H99N3O4. The lowest BCUT2D eigenvalue weighted by molar-refractivity contribution is -0.139. The molecule has 0 amide bonds. The van der Waals surface area contributed by atoms with Gasteiger partial charge < -0.3 is 9.47 Å². The molecule has 0 atom stereocenters. The van der Waals surface area contributed by atoms with Crippen LogP contribution >= 0.6 is 0 Å². The van der Waals surface area contributed by atoms with E-state index in [0.717, 1.165) is 104 Å². The molecule has 394 valence electrons. The first-order chi connectivity index (χ1) is 34.9. The largest absolute Gasteiger partial charge is 0.431 e. The van der Waals surface area contributed by atoms with Gasteiger partial charge in [0, 0.05) is 24.0 Å². The number of unbranched alkanes of at least 4 members (excludes halogenated alkanes) is 27. The summed E-state index contributed by atoms with van der Waals surface area (Å²) in [5, 5.41) is 10.1. The third-order valence-corrected chi connectivity index (χ3v) is 13.2. The molecule has 0 saturated heterocycles. The lowest BCUT2D eigenvalue weighted by atomic mass is 9.98. The van der Waals surface area contributed by atoms with Crippen LogP contribution in [0.3, 0.4) is 0 Å². The highest BCUT2D eigenvalue weighted by Gasteiger charge is 2.16. The fraction of sp³-hybridized carbons (Fsp3) is 0.625. The SMILES string of the molecule is C#C.CCCCCCCC/C=C\CCCCCCCC(=O)O/C(C)=C/C=C(\C)c1ccc(-c2ccc(OC(=O)CCCCCCC/C=C\CCCCCCCC)cc2)c2nn(CCCCCCCC)nc12. The first kappa shape index (κ1) is 62.4. The highest BCUT2D eigenvalue weighted by atomic mass is 16.5. The summed E-state index contributed by atoms with van der Waals surface area (Å²) in [5.74, 6) is 0.797. The number of fused-ring (bicyclic) bond motifs is 1. The van der Waals surface area contributed by atoms with Gasteiger partial charge in [0.05, 0.1) is 6.54 Å². The van der Waals surface area contributed by atoms with Crippen LogP contribution in [-0.4, -0.2) is 26.9 Å². The van der Waals surface area contributed by atoms with Crippen molar-refractivity contribution in [1.82, 2.24) is 15.0 Å². The molecule has 0 aliphatic heterocycles. The summed E-state index contributed by atoms with van der Waals surface area (Å²) < 4.78 is 11.5. The summed E-state index contributed by atoms with van der Waals surface area (Å²) in [6.45, 7) is 11.5. The van der Waals surface area contributed by atoms with Crippen molar-refractivity contribution in [2.24, 2.45) is 0 Å². The number of hydrogen-bond donors (Lipinski definition) is 0. The molecule has 0 aliphatic rings. The monoisotopic (exact) mass is 974 g/mol. The molecule has 2 aromatic carbocycles. The highest BCUT2D eigenvalue weighted by Crippen LogP contribution is 2.33. The molecule has 0 radical (unpaired) electrons. The minimum absolute atomic E-state index is 0.170. The maximum Gasteiger partial charge on any atom is 0.311 e. The Kier molecular flexibility index (Phi) is 37.7. The summed E-state index contributed by atoms with van der Waals surface area (Å²) in [6.07, 6.45) is 61.4. The summed E-state index contributed by atoms with van der Waals surface area (Å²) >= 11 is 0. The standard InChI is InChI=1S/C62H97N3O4.C2H2/c1-6-9-12-15-18-20-22-24-26-28-30-32-34-36-39-42-59(66)68-54(5)45-44-53(4)57-50-51-58(62-61(57)63-65(64-62)52-41-38-17-14-11-8-3)55-46-48-56(49-47-55)69-60(67)43-40-37-35-33-31-29-27-25-23-21-19-16-13-10-7-2;1-2/h24-27,44-51H,6-23,28-43,52H2,1-5H3;1-2H/b26-24-,27-25-,53-44+,54-45+;. The van der Waals surface area contributed by atoms with Crippen LogP contribution in [0.4, 0.5) is 0 Å². The molecule has 0 saturated carbocycles. The first-order valence-electron chi connectivity index (χ1n) is 28.7. The van der Waals surface area contributed by atoms with Gasteiger partial charge in [-0.3, -0.25) is 9.59 Å². The van der Waals surface area contributed by atoms with Crippen LogP contribution in [0.2, 0.25) is 0 Å². The van der Waals surface area contributed by atoms with Crippen molar-refractivity contribution in [2.75, 3.05) is 0 Å². The third-order valence-electron chi connectivity index (χ3n) is 13.2. The van der Waals surface area contributed by atoms with Crippen molar-refractivity contribution in [1.29, 1.82) is 0 Å². The summed E-state index contributed by atoms with van der Waals surface area (Å²) in [4.78, 5) is 27.3. The van der Waals surface area contributed by atoms with Gasteiger partial charge in [0.1, 0.15) is 22.5 Å². The first-order valence-corrected chi connectivity index (χ1v) is 28.7. The number of rotatable bonds is 42. The molecule has 7 heteroatoms. The summed E-state index contributed by atoms with van der Waals surface area (Å²) in [5.41, 5.74) is 5.67. The fourth-order valence-corrected chi connectivity index (χ4v) is 8.88. The molecule has 7 nitrogen and oxygen atoms in total. The van der Waals surface area contributed by atoms with E-state index in [4.69, 9.17) is 19.7 Å². The molecule has 3 aromatic rings. The van der Waals surface area contributed by atoms with E-state index >= 15 is 0 Å². The second-order valence-corrected chi connectivity index (χ2v) is 19.7. The van der Waals surface area contributed by atoms with E-state index in [-0.39, 0.29) is 11.9 Å². The smallest absolute Gasteiger partial charge is 0.311 e. The lowest BCUT2D eigenvalue weighted by Crippen LogP contribution is -2.07. The van der Waals surface area contributed by atoms with Gasteiger partial charge in [-0.2, -0.15) is 15.0 Å². The number of terminal acetylenes is 1. The second kappa shape index (κ2) is 42.9. The number of allylic oxidation sites excluding steroid dienone is 8. The zero-order chi connectivity index (χ0) is 51.4. The predicted octanol–water partition coefficient (Wildman–Crippen LogP) is 19.5. The average molecular weight is 975 g/mol. The molecular weight excluding hydrogens is 875 g/mol. The molecule has 0 spiro atoms. The molecule has 71 heavy (non-hydrogen) atoms. The van der Waals surface area contributed by atoms with E-state index in [1.807, 2.05) is 48.1 Å². The zero-order valence-electron chi connectivity index (χ0n) is 45.8. The predicted molar refractivity (Wildman–Crippen MR) is 304 cm³/mol. The Bertz CT molecular complexity index is 1970. The van der Waals surface area contributed by atoms with Crippen molar-refractivity contribution in [3.8, 4) is 29.7 Å². The van der Waals surface area contributed by atoms with E-state index in [1.165, 1.54) is 141 Å². The van der Waals surface area contributed by atoms with Crippen LogP contribution in [-0.2, 0) is 20.9 Å². The maximum absolute atomic E-state index is 12.7. The van der Waals surface area contributed by atoms with E-state index in [9.17, 15) is 9.59 Å². The minimum atomic E-state index is -0.176. The number of carbonyl (C=O) groups is 2. The molecule has 0 fully saturated rings. The molecule has 0 bridgehead atoms. The number of ether oxygens (including phenoxy) is 2. The van der Waals surface area contributed by atoms with Crippen molar-refractivity contribution in [2.45, 2.75) is 259 Å². The van der Waals surface area contributed by atoms with Crippen LogP contribution in [0.5, 0.6) is 5.75 Å². The Morgan fingerprint density at radius 3 is 1.41 bits per heavy atom. The topological polar surface area (TPSA) is 83.3 Å². The number of aryl methyl sites for hydroxylation is 1. The van der Waals surface area contributed by atoms with Crippen LogP contribution in [0.1, 0.15) is 258 Å². The highest BCUT2D eigenvalue weighted by molar-refractivity contribution is 5.98. The zero-order valence-corrected chi connectivity index (χ0v) is 45.8. The number of esters is 2. The summed E-state index contributed by atoms with van der Waals surface area (Å²) in [6, 6.07) is 12.0. The quantitative estimate of drug-likeness (QED) is 0.0107. The van der Waals surface area contributed by atoms with Crippen molar-refractivity contribution in [3.05, 3.63) is 84.2 Å². The van der Waals surface area contributed by atoms with Gasteiger partial charge in [-0.15, -0.1) is 12.8 Å². The number of benzene rings is 2. The molecule has 0 N–H and O–H groups in total. The molecule has 0 aliphatic carbocycles. The Balaban J connectivity index is 0.00000852. The van der Waals surface area contributed by atoms with E-state index in [1.54, 1.807) is 0 Å². The van der Waals surface area contributed by atoms with E-state index in [2.05, 4.69) is 77.0 Å². The Morgan fingerprint density at radius 2 is 0.915 bits per heavy atom. The van der Waals surface area contributed by atoms with Gasteiger partial charge in [0.15, 0.2) is 0 Å². The molecule has 1 heterocycles. The number of aromatic nitrogens is 3. The van der Waals surface area contributed by atoms with E-state index in [0.29, 0.717) is 24.4 Å².